The maximum Gasteiger partial charge on any atom is 0.249 e. The Bertz CT molecular complexity index is 824. The third-order valence-corrected chi connectivity index (χ3v) is 5.18. The molecule has 1 aromatic carbocycles. The molecule has 0 N–H and O–H groups in total. The summed E-state index contributed by atoms with van der Waals surface area (Å²) < 4.78 is 1.78. The van der Waals surface area contributed by atoms with Crippen molar-refractivity contribution < 1.29 is 4.79 Å². The molecule has 7 heteroatoms. The van der Waals surface area contributed by atoms with Crippen molar-refractivity contribution >= 4 is 33.0 Å². The van der Waals surface area contributed by atoms with Gasteiger partial charge in [-0.05, 0) is 25.5 Å². The van der Waals surface area contributed by atoms with E-state index < -0.39 is 0 Å². The van der Waals surface area contributed by atoms with Gasteiger partial charge in [0.05, 0.1) is 11.9 Å². The number of rotatable bonds is 3. The predicted molar refractivity (Wildman–Crippen MR) is 91.2 cm³/mol. The molecule has 1 fully saturated rings. The first kappa shape index (κ1) is 14.2. The highest BCUT2D eigenvalue weighted by Gasteiger charge is 2.36. The van der Waals surface area contributed by atoms with Crippen molar-refractivity contribution in [2.45, 2.75) is 19.4 Å². The van der Waals surface area contributed by atoms with E-state index in [-0.39, 0.29) is 11.9 Å². The van der Waals surface area contributed by atoms with Crippen LogP contribution in [0.2, 0.25) is 0 Å². The summed E-state index contributed by atoms with van der Waals surface area (Å²) in [7, 11) is 1.93. The summed E-state index contributed by atoms with van der Waals surface area (Å²) in [5.41, 5.74) is 1.91. The maximum absolute atomic E-state index is 12.8. The van der Waals surface area contributed by atoms with Gasteiger partial charge in [-0.25, -0.2) is 9.50 Å². The van der Waals surface area contributed by atoms with Gasteiger partial charge in [0, 0.05) is 19.3 Å². The highest BCUT2D eigenvalue weighted by Crippen LogP contribution is 2.29. The average Bonchev–Trinajstić information content (AvgIpc) is 3.20. The van der Waals surface area contributed by atoms with Gasteiger partial charge in [0.2, 0.25) is 16.0 Å². The van der Waals surface area contributed by atoms with E-state index in [1.54, 1.807) is 4.52 Å². The smallest absolute Gasteiger partial charge is 0.249 e. The Morgan fingerprint density at radius 3 is 2.83 bits per heavy atom. The third-order valence-electron chi connectivity index (χ3n) is 4.17. The molecule has 0 saturated carbocycles. The molecule has 6 nitrogen and oxygen atoms in total. The molecule has 1 aliphatic heterocycles. The molecular weight excluding hydrogens is 310 g/mol. The molecule has 0 bridgehead atoms. The topological polar surface area (TPSA) is 53.7 Å². The molecular formula is C16H17N5OS. The predicted octanol–water partition coefficient (Wildman–Crippen LogP) is 2.34. The van der Waals surface area contributed by atoms with E-state index in [2.05, 4.69) is 10.1 Å². The highest BCUT2D eigenvalue weighted by atomic mass is 32.1. The monoisotopic (exact) mass is 327 g/mol. The van der Waals surface area contributed by atoms with Gasteiger partial charge in [-0.2, -0.15) is 0 Å². The summed E-state index contributed by atoms with van der Waals surface area (Å²) in [5, 5.41) is 5.36. The number of likely N-dealkylation sites (N-methyl/N-ethyl adjacent to an activating group) is 1. The third kappa shape index (κ3) is 2.37. The zero-order valence-corrected chi connectivity index (χ0v) is 13.8. The van der Waals surface area contributed by atoms with E-state index in [1.165, 1.54) is 11.3 Å². The van der Waals surface area contributed by atoms with Crippen molar-refractivity contribution in [2.24, 2.45) is 0 Å². The van der Waals surface area contributed by atoms with Crippen molar-refractivity contribution in [1.29, 1.82) is 0 Å². The highest BCUT2D eigenvalue weighted by molar-refractivity contribution is 7.20. The lowest BCUT2D eigenvalue weighted by atomic mass is 10.2. The number of carbonyl (C=O) groups is 1. The number of aryl methyl sites for hydroxylation is 1. The lowest BCUT2D eigenvalue weighted by molar-refractivity contribution is -0.118. The molecule has 0 spiro atoms. The van der Waals surface area contributed by atoms with E-state index in [0.29, 0.717) is 0 Å². The minimum absolute atomic E-state index is 0.128. The molecule has 4 rings (SSSR count). The first-order valence-corrected chi connectivity index (χ1v) is 8.37. The van der Waals surface area contributed by atoms with Gasteiger partial charge >= 0.3 is 0 Å². The number of imidazole rings is 1. The molecule has 1 atom stereocenters. The summed E-state index contributed by atoms with van der Waals surface area (Å²) in [6.07, 6.45) is 2.70. The molecule has 0 radical (unpaired) electrons. The Kier molecular flexibility index (Phi) is 3.30. The molecule has 3 heterocycles. The molecule has 0 aliphatic carbocycles. The maximum atomic E-state index is 12.8. The quantitative estimate of drug-likeness (QED) is 0.741. The number of anilines is 2. The van der Waals surface area contributed by atoms with Gasteiger partial charge in [0.1, 0.15) is 6.04 Å². The summed E-state index contributed by atoms with van der Waals surface area (Å²) in [5.74, 6) is 0.128. The van der Waals surface area contributed by atoms with E-state index >= 15 is 0 Å². The second-order valence-electron chi connectivity index (χ2n) is 5.73. The number of para-hydroxylation sites is 1. The first-order valence-electron chi connectivity index (χ1n) is 7.55. The number of carbonyl (C=O) groups excluding carboxylic acids is 1. The molecule has 0 unspecified atom stereocenters. The lowest BCUT2D eigenvalue weighted by Gasteiger charge is -2.23. The molecule has 3 aromatic rings. The summed E-state index contributed by atoms with van der Waals surface area (Å²) in [6, 6.07) is 9.64. The van der Waals surface area contributed by atoms with Crippen LogP contribution in [0, 0.1) is 6.92 Å². The average molecular weight is 327 g/mol. The van der Waals surface area contributed by atoms with Gasteiger partial charge < -0.3 is 9.80 Å². The Hall–Kier alpha value is -2.41. The van der Waals surface area contributed by atoms with Gasteiger partial charge in [-0.3, -0.25) is 4.79 Å². The van der Waals surface area contributed by atoms with Crippen LogP contribution < -0.4 is 9.80 Å². The van der Waals surface area contributed by atoms with E-state index in [9.17, 15) is 4.79 Å². The van der Waals surface area contributed by atoms with E-state index in [1.807, 2.05) is 60.3 Å². The van der Waals surface area contributed by atoms with Crippen molar-refractivity contribution in [2.75, 3.05) is 23.4 Å². The number of fused-ring (bicyclic) bond motifs is 1. The number of aromatic nitrogens is 3. The summed E-state index contributed by atoms with van der Waals surface area (Å²) >= 11 is 1.51. The minimum Gasteiger partial charge on any atom is -0.338 e. The van der Waals surface area contributed by atoms with Crippen LogP contribution in [0.15, 0.2) is 36.5 Å². The van der Waals surface area contributed by atoms with Crippen LogP contribution in [-0.4, -0.2) is 40.1 Å². The fraction of sp³-hybridized carbons (Fsp3) is 0.312. The lowest BCUT2D eigenvalue weighted by Crippen LogP contribution is -2.39. The van der Waals surface area contributed by atoms with Crippen LogP contribution in [0.5, 0.6) is 0 Å². The van der Waals surface area contributed by atoms with Crippen molar-refractivity contribution in [1.82, 2.24) is 14.6 Å². The zero-order valence-electron chi connectivity index (χ0n) is 13.0. The number of benzene rings is 1. The Morgan fingerprint density at radius 2 is 2.09 bits per heavy atom. The van der Waals surface area contributed by atoms with Crippen LogP contribution in [0.1, 0.15) is 12.1 Å². The molecule has 118 valence electrons. The Morgan fingerprint density at radius 1 is 1.30 bits per heavy atom. The van der Waals surface area contributed by atoms with Crippen molar-refractivity contribution in [3.63, 3.8) is 0 Å². The summed E-state index contributed by atoms with van der Waals surface area (Å²) in [4.78, 5) is 21.9. The minimum atomic E-state index is -0.174. The van der Waals surface area contributed by atoms with Gasteiger partial charge in [0.25, 0.3) is 0 Å². The second-order valence-corrected chi connectivity index (χ2v) is 6.67. The van der Waals surface area contributed by atoms with Gasteiger partial charge in [-0.1, -0.05) is 29.5 Å². The fourth-order valence-corrected chi connectivity index (χ4v) is 3.90. The van der Waals surface area contributed by atoms with Crippen LogP contribution in [0.25, 0.3) is 4.96 Å². The van der Waals surface area contributed by atoms with Gasteiger partial charge in [-0.15, -0.1) is 5.10 Å². The number of amides is 1. The Labute approximate surface area is 138 Å². The van der Waals surface area contributed by atoms with Crippen LogP contribution >= 0.6 is 11.3 Å². The number of hydrogen-bond acceptors (Lipinski definition) is 5. The number of hydrogen-bond donors (Lipinski definition) is 0. The fourth-order valence-electron chi connectivity index (χ4n) is 2.96. The molecule has 2 aromatic heterocycles. The normalized spacial score (nSPS) is 18.1. The van der Waals surface area contributed by atoms with Crippen LogP contribution in [0.3, 0.4) is 0 Å². The standard InChI is InChI=1S/C16H17N5OS/c1-11-10-21-15(17-11)23-16(18-21)19(2)13-8-9-20(14(13)22)12-6-4-3-5-7-12/h3-7,10,13H,8-9H2,1-2H3/t13-/m1/s1. The molecule has 1 amide bonds. The van der Waals surface area contributed by atoms with E-state index in [4.69, 9.17) is 0 Å². The van der Waals surface area contributed by atoms with Gasteiger partial charge in [0.15, 0.2) is 0 Å². The van der Waals surface area contributed by atoms with E-state index in [0.717, 1.165) is 34.4 Å². The molecule has 1 aliphatic rings. The Balaban J connectivity index is 1.58. The van der Waals surface area contributed by atoms with Crippen molar-refractivity contribution in [3.05, 3.63) is 42.2 Å². The molecule has 23 heavy (non-hydrogen) atoms. The molecule has 1 saturated heterocycles. The first-order chi connectivity index (χ1) is 11.1. The SMILES string of the molecule is Cc1cn2nc(N(C)[C@@H]3CCN(c4ccccc4)C3=O)sc2n1. The zero-order chi connectivity index (χ0) is 16.0. The van der Waals surface area contributed by atoms with Crippen LogP contribution in [0.4, 0.5) is 10.8 Å². The second kappa shape index (κ2) is 5.34. The van der Waals surface area contributed by atoms with Crippen LogP contribution in [-0.2, 0) is 4.79 Å². The summed E-state index contributed by atoms with van der Waals surface area (Å²) in [6.45, 7) is 2.68. The number of nitrogens with zero attached hydrogens (tertiary/aromatic N) is 5. The van der Waals surface area contributed by atoms with Crippen molar-refractivity contribution in [3.8, 4) is 0 Å². The largest absolute Gasteiger partial charge is 0.338 e.